The number of hydrogen-bond acceptors (Lipinski definition) is 1. The van der Waals surface area contributed by atoms with Crippen LogP contribution >= 0.6 is 0 Å². The molecule has 13 heavy (non-hydrogen) atoms. The maximum absolute atomic E-state index is 12.9. The third-order valence-corrected chi connectivity index (χ3v) is 1.44. The van der Waals surface area contributed by atoms with Gasteiger partial charge in [0, 0.05) is 5.56 Å². The van der Waals surface area contributed by atoms with Crippen molar-refractivity contribution in [1.82, 2.24) is 0 Å². The van der Waals surface area contributed by atoms with Crippen LogP contribution in [0, 0.1) is 11.6 Å². The quantitative estimate of drug-likeness (QED) is 0.527. The number of guanidine groups is 1. The van der Waals surface area contributed by atoms with Crippen molar-refractivity contribution in [3.05, 3.63) is 35.4 Å². The third kappa shape index (κ3) is 2.70. The van der Waals surface area contributed by atoms with E-state index in [4.69, 9.17) is 11.5 Å². The van der Waals surface area contributed by atoms with Gasteiger partial charge in [0.05, 0.1) is 6.54 Å². The first-order valence-electron chi connectivity index (χ1n) is 3.59. The van der Waals surface area contributed by atoms with Gasteiger partial charge in [0.25, 0.3) is 0 Å². The summed E-state index contributed by atoms with van der Waals surface area (Å²) in [6, 6.07) is 3.13. The molecule has 0 spiro atoms. The molecule has 0 saturated heterocycles. The lowest BCUT2D eigenvalue weighted by atomic mass is 10.2. The second kappa shape index (κ2) is 3.84. The number of nitrogens with two attached hydrogens (primary N) is 2. The Balaban J connectivity index is 2.87. The van der Waals surface area contributed by atoms with Crippen LogP contribution in [0.4, 0.5) is 8.78 Å². The molecule has 70 valence electrons. The molecule has 0 heterocycles. The van der Waals surface area contributed by atoms with E-state index in [0.717, 1.165) is 18.2 Å². The molecule has 5 heteroatoms. The van der Waals surface area contributed by atoms with Gasteiger partial charge in [0.2, 0.25) is 0 Å². The van der Waals surface area contributed by atoms with Gasteiger partial charge in [-0.05, 0) is 18.2 Å². The standard InChI is InChI=1S/C8H9F2N3/c9-6-1-2-7(10)5(3-6)4-13-8(11)12/h1-3H,4H2,(H4,11,12,13). The number of aliphatic imine (C=N–C) groups is 1. The van der Waals surface area contributed by atoms with Crippen molar-refractivity contribution in [2.24, 2.45) is 16.5 Å². The molecule has 1 aromatic rings. The van der Waals surface area contributed by atoms with Crippen LogP contribution in [0.2, 0.25) is 0 Å². The van der Waals surface area contributed by atoms with Crippen LogP contribution in [-0.4, -0.2) is 5.96 Å². The summed E-state index contributed by atoms with van der Waals surface area (Å²) in [5.74, 6) is -1.18. The van der Waals surface area contributed by atoms with Gasteiger partial charge in [-0.25, -0.2) is 13.8 Å². The summed E-state index contributed by atoms with van der Waals surface area (Å²) in [6.07, 6.45) is 0. The topological polar surface area (TPSA) is 64.4 Å². The minimum atomic E-state index is -0.522. The average molecular weight is 185 g/mol. The van der Waals surface area contributed by atoms with E-state index in [1.165, 1.54) is 0 Å². The number of halogens is 2. The summed E-state index contributed by atoms with van der Waals surface area (Å²) in [5, 5.41) is 0. The number of rotatable bonds is 2. The van der Waals surface area contributed by atoms with Crippen molar-refractivity contribution in [3.8, 4) is 0 Å². The Morgan fingerprint density at radius 3 is 2.62 bits per heavy atom. The van der Waals surface area contributed by atoms with Crippen molar-refractivity contribution >= 4 is 5.96 Å². The van der Waals surface area contributed by atoms with E-state index in [0.29, 0.717) is 0 Å². The Hall–Kier alpha value is -1.65. The van der Waals surface area contributed by atoms with Crippen LogP contribution in [0.15, 0.2) is 23.2 Å². The average Bonchev–Trinajstić information content (AvgIpc) is 2.06. The fourth-order valence-corrected chi connectivity index (χ4v) is 0.841. The molecule has 4 N–H and O–H groups in total. The predicted molar refractivity (Wildman–Crippen MR) is 45.9 cm³/mol. The maximum Gasteiger partial charge on any atom is 0.186 e. The molecule has 0 bridgehead atoms. The summed E-state index contributed by atoms with van der Waals surface area (Å²) in [5.41, 5.74) is 10.2. The Morgan fingerprint density at radius 2 is 2.00 bits per heavy atom. The Morgan fingerprint density at radius 1 is 1.31 bits per heavy atom. The molecule has 0 saturated carbocycles. The van der Waals surface area contributed by atoms with Crippen LogP contribution in [0.1, 0.15) is 5.56 Å². The van der Waals surface area contributed by atoms with Gasteiger partial charge in [-0.2, -0.15) is 0 Å². The van der Waals surface area contributed by atoms with Crippen LogP contribution in [0.5, 0.6) is 0 Å². The van der Waals surface area contributed by atoms with E-state index in [1.807, 2.05) is 0 Å². The predicted octanol–water partition coefficient (Wildman–Crippen LogP) is 0.738. The molecular weight excluding hydrogens is 176 g/mol. The van der Waals surface area contributed by atoms with Crippen LogP contribution in [0.25, 0.3) is 0 Å². The van der Waals surface area contributed by atoms with E-state index in [-0.39, 0.29) is 18.1 Å². The van der Waals surface area contributed by atoms with Crippen molar-refractivity contribution < 1.29 is 8.78 Å². The maximum atomic E-state index is 12.9. The normalized spacial score (nSPS) is 9.69. The van der Waals surface area contributed by atoms with E-state index in [1.54, 1.807) is 0 Å². The lowest BCUT2D eigenvalue weighted by molar-refractivity contribution is 0.586. The lowest BCUT2D eigenvalue weighted by Crippen LogP contribution is -2.22. The molecule has 1 rings (SSSR count). The molecule has 1 aromatic carbocycles. The first kappa shape index (κ1) is 9.44. The van der Waals surface area contributed by atoms with Crippen LogP contribution in [0.3, 0.4) is 0 Å². The highest BCUT2D eigenvalue weighted by Crippen LogP contribution is 2.10. The van der Waals surface area contributed by atoms with Crippen molar-refractivity contribution in [2.45, 2.75) is 6.54 Å². The first-order chi connectivity index (χ1) is 6.09. The summed E-state index contributed by atoms with van der Waals surface area (Å²) in [4.78, 5) is 3.56. The highest BCUT2D eigenvalue weighted by molar-refractivity contribution is 5.75. The summed E-state index contributed by atoms with van der Waals surface area (Å²) >= 11 is 0. The Labute approximate surface area is 74.1 Å². The second-order valence-electron chi connectivity index (χ2n) is 2.48. The largest absolute Gasteiger partial charge is 0.370 e. The SMILES string of the molecule is NC(N)=NCc1cc(F)ccc1F. The van der Waals surface area contributed by atoms with E-state index < -0.39 is 11.6 Å². The highest BCUT2D eigenvalue weighted by atomic mass is 19.1. The zero-order valence-electron chi connectivity index (χ0n) is 6.80. The molecule has 0 atom stereocenters. The van der Waals surface area contributed by atoms with Gasteiger partial charge in [0.1, 0.15) is 11.6 Å². The molecule has 3 nitrogen and oxygen atoms in total. The number of nitrogens with zero attached hydrogens (tertiary/aromatic N) is 1. The van der Waals surface area contributed by atoms with Crippen molar-refractivity contribution in [2.75, 3.05) is 0 Å². The molecule has 0 radical (unpaired) electrons. The van der Waals surface area contributed by atoms with Crippen LogP contribution < -0.4 is 11.5 Å². The summed E-state index contributed by atoms with van der Waals surface area (Å²) < 4.78 is 25.5. The van der Waals surface area contributed by atoms with E-state index in [9.17, 15) is 8.78 Å². The Bertz CT molecular complexity index is 332. The van der Waals surface area contributed by atoms with Gasteiger partial charge in [0.15, 0.2) is 5.96 Å². The van der Waals surface area contributed by atoms with Gasteiger partial charge in [-0.15, -0.1) is 0 Å². The number of hydrogen-bond donors (Lipinski definition) is 2. The highest BCUT2D eigenvalue weighted by Gasteiger charge is 2.02. The molecule has 0 aliphatic carbocycles. The fraction of sp³-hybridized carbons (Fsp3) is 0.125. The first-order valence-corrected chi connectivity index (χ1v) is 3.59. The van der Waals surface area contributed by atoms with Gasteiger partial charge in [-0.3, -0.25) is 0 Å². The van der Waals surface area contributed by atoms with Crippen molar-refractivity contribution in [3.63, 3.8) is 0 Å². The minimum absolute atomic E-state index is 0.0497. The second-order valence-corrected chi connectivity index (χ2v) is 2.48. The third-order valence-electron chi connectivity index (χ3n) is 1.44. The van der Waals surface area contributed by atoms with Crippen molar-refractivity contribution in [1.29, 1.82) is 0 Å². The van der Waals surface area contributed by atoms with Crippen LogP contribution in [-0.2, 0) is 6.54 Å². The smallest absolute Gasteiger partial charge is 0.186 e. The molecule has 0 fully saturated rings. The summed E-state index contributed by atoms with van der Waals surface area (Å²) in [6.45, 7) is -0.0497. The van der Waals surface area contributed by atoms with Gasteiger partial charge in [-0.1, -0.05) is 0 Å². The van der Waals surface area contributed by atoms with Gasteiger partial charge < -0.3 is 11.5 Å². The Kier molecular flexibility index (Phi) is 2.79. The fourth-order valence-electron chi connectivity index (χ4n) is 0.841. The molecule has 0 amide bonds. The zero-order chi connectivity index (χ0) is 9.84. The minimum Gasteiger partial charge on any atom is -0.370 e. The monoisotopic (exact) mass is 185 g/mol. The molecule has 0 aromatic heterocycles. The van der Waals surface area contributed by atoms with Gasteiger partial charge >= 0.3 is 0 Å². The summed E-state index contributed by atoms with van der Waals surface area (Å²) in [7, 11) is 0. The molecule has 0 unspecified atom stereocenters. The molecular formula is C8H9F2N3. The van der Waals surface area contributed by atoms with E-state index in [2.05, 4.69) is 4.99 Å². The molecule has 0 aliphatic heterocycles. The zero-order valence-corrected chi connectivity index (χ0v) is 6.80. The lowest BCUT2D eigenvalue weighted by Gasteiger charge is -1.99. The van der Waals surface area contributed by atoms with E-state index >= 15 is 0 Å². The number of benzene rings is 1. The molecule has 0 aliphatic rings.